The first-order valence-electron chi connectivity index (χ1n) is 6.42. The van der Waals surface area contributed by atoms with Crippen molar-refractivity contribution < 1.29 is 19.1 Å². The van der Waals surface area contributed by atoms with Crippen LogP contribution in [-0.2, 0) is 14.4 Å². The summed E-state index contributed by atoms with van der Waals surface area (Å²) in [5.41, 5.74) is 1.36. The van der Waals surface area contributed by atoms with Crippen molar-refractivity contribution in [3.05, 3.63) is 23.8 Å². The van der Waals surface area contributed by atoms with Crippen LogP contribution in [0.4, 0.5) is 5.69 Å². The van der Waals surface area contributed by atoms with Crippen LogP contribution in [0.25, 0.3) is 0 Å². The number of carbonyl (C=O) groups is 3. The molecular formula is C14H19N3O4. The maximum atomic E-state index is 11.8. The van der Waals surface area contributed by atoms with Gasteiger partial charge in [-0.3, -0.25) is 14.4 Å². The maximum Gasteiger partial charge on any atom is 0.313 e. The Bertz CT molecular complexity index is 543. The number of carbonyl (C=O) groups excluding carboxylic acids is 3. The quantitative estimate of drug-likeness (QED) is 0.533. The lowest BCUT2D eigenvalue weighted by atomic mass is 10.2. The lowest BCUT2D eigenvalue weighted by Gasteiger charge is -2.11. The van der Waals surface area contributed by atoms with Gasteiger partial charge in [0.15, 0.2) is 0 Å². The zero-order valence-corrected chi connectivity index (χ0v) is 12.3. The predicted octanol–water partition coefficient (Wildman–Crippen LogP) is 0.194. The third-order valence-electron chi connectivity index (χ3n) is 2.59. The molecule has 0 atom stereocenters. The number of hydrogen-bond donors (Lipinski definition) is 3. The van der Waals surface area contributed by atoms with Crippen LogP contribution in [0.5, 0.6) is 5.75 Å². The molecule has 0 aliphatic heterocycles. The Balaban J connectivity index is 2.54. The molecule has 7 nitrogen and oxygen atoms in total. The minimum atomic E-state index is -0.790. The molecule has 21 heavy (non-hydrogen) atoms. The SMILES string of the molecule is COc1ccc(C)cc1NC(=O)C(=O)NCCNC(C)=O. The minimum absolute atomic E-state index is 0.177. The average Bonchev–Trinajstić information content (AvgIpc) is 2.43. The number of benzene rings is 1. The molecule has 0 saturated carbocycles. The van der Waals surface area contributed by atoms with Crippen molar-refractivity contribution in [2.75, 3.05) is 25.5 Å². The van der Waals surface area contributed by atoms with E-state index < -0.39 is 11.8 Å². The van der Waals surface area contributed by atoms with Crippen molar-refractivity contribution in [2.45, 2.75) is 13.8 Å². The summed E-state index contributed by atoms with van der Waals surface area (Å²) in [6.07, 6.45) is 0. The fourth-order valence-electron chi connectivity index (χ4n) is 1.59. The van der Waals surface area contributed by atoms with E-state index in [1.54, 1.807) is 12.1 Å². The molecule has 0 saturated heterocycles. The van der Waals surface area contributed by atoms with Crippen molar-refractivity contribution in [1.29, 1.82) is 0 Å². The fraction of sp³-hybridized carbons (Fsp3) is 0.357. The monoisotopic (exact) mass is 293 g/mol. The number of ether oxygens (including phenoxy) is 1. The van der Waals surface area contributed by atoms with E-state index in [9.17, 15) is 14.4 Å². The van der Waals surface area contributed by atoms with Crippen LogP contribution in [0.2, 0.25) is 0 Å². The third kappa shape index (κ3) is 5.52. The van der Waals surface area contributed by atoms with Crippen LogP contribution in [0.15, 0.2) is 18.2 Å². The van der Waals surface area contributed by atoms with Crippen LogP contribution in [0, 0.1) is 6.92 Å². The van der Waals surface area contributed by atoms with Gasteiger partial charge in [0.1, 0.15) is 5.75 Å². The first-order valence-corrected chi connectivity index (χ1v) is 6.42. The summed E-state index contributed by atoms with van der Waals surface area (Å²) in [7, 11) is 1.48. The van der Waals surface area contributed by atoms with E-state index in [0.717, 1.165) is 5.56 Å². The number of rotatable bonds is 5. The molecule has 0 fully saturated rings. The topological polar surface area (TPSA) is 96.5 Å². The van der Waals surface area contributed by atoms with E-state index >= 15 is 0 Å². The number of nitrogens with one attached hydrogen (secondary N) is 3. The standard InChI is InChI=1S/C14H19N3O4/c1-9-4-5-12(21-3)11(8-9)17-14(20)13(19)16-7-6-15-10(2)18/h4-5,8H,6-7H2,1-3H3,(H,15,18)(H,16,19)(H,17,20). The Hall–Kier alpha value is -2.57. The molecular weight excluding hydrogens is 274 g/mol. The van der Waals surface area contributed by atoms with Gasteiger partial charge in [-0.25, -0.2) is 0 Å². The molecule has 0 aliphatic carbocycles. The maximum absolute atomic E-state index is 11.8. The Morgan fingerprint density at radius 1 is 1.10 bits per heavy atom. The summed E-state index contributed by atoms with van der Waals surface area (Å²) in [5, 5.41) is 7.40. The van der Waals surface area contributed by atoms with Crippen molar-refractivity contribution in [3.8, 4) is 5.75 Å². The largest absolute Gasteiger partial charge is 0.495 e. The molecule has 7 heteroatoms. The number of anilines is 1. The Morgan fingerprint density at radius 2 is 1.76 bits per heavy atom. The summed E-state index contributed by atoms with van der Waals surface area (Å²) in [6, 6.07) is 5.25. The van der Waals surface area contributed by atoms with Gasteiger partial charge >= 0.3 is 11.8 Å². The lowest BCUT2D eigenvalue weighted by Crippen LogP contribution is -2.39. The van der Waals surface area contributed by atoms with E-state index in [0.29, 0.717) is 11.4 Å². The van der Waals surface area contributed by atoms with Gasteiger partial charge in [0.2, 0.25) is 5.91 Å². The van der Waals surface area contributed by atoms with Gasteiger partial charge < -0.3 is 20.7 Å². The summed E-state index contributed by atoms with van der Waals surface area (Å²) in [4.78, 5) is 34.0. The summed E-state index contributed by atoms with van der Waals surface area (Å²) in [5.74, 6) is -1.29. The van der Waals surface area contributed by atoms with Gasteiger partial charge in [-0.05, 0) is 24.6 Å². The van der Waals surface area contributed by atoms with E-state index in [4.69, 9.17) is 4.74 Å². The number of amides is 3. The summed E-state index contributed by atoms with van der Waals surface area (Å²) >= 11 is 0. The van der Waals surface area contributed by atoms with Crippen LogP contribution in [0.3, 0.4) is 0 Å². The second-order valence-electron chi connectivity index (χ2n) is 4.40. The van der Waals surface area contributed by atoms with Gasteiger partial charge in [-0.2, -0.15) is 0 Å². The smallest absolute Gasteiger partial charge is 0.313 e. The Morgan fingerprint density at radius 3 is 2.38 bits per heavy atom. The predicted molar refractivity (Wildman–Crippen MR) is 78.1 cm³/mol. The van der Waals surface area contributed by atoms with Gasteiger partial charge in [0.25, 0.3) is 0 Å². The molecule has 3 N–H and O–H groups in total. The highest BCUT2D eigenvalue weighted by Gasteiger charge is 2.15. The summed E-state index contributed by atoms with van der Waals surface area (Å²) in [6.45, 7) is 3.68. The van der Waals surface area contributed by atoms with Crippen LogP contribution < -0.4 is 20.7 Å². The highest BCUT2D eigenvalue weighted by molar-refractivity contribution is 6.39. The van der Waals surface area contributed by atoms with Crippen LogP contribution in [-0.4, -0.2) is 37.9 Å². The first-order chi connectivity index (χ1) is 9.93. The molecule has 0 radical (unpaired) electrons. The Labute approximate surface area is 123 Å². The highest BCUT2D eigenvalue weighted by atomic mass is 16.5. The van der Waals surface area contributed by atoms with Gasteiger partial charge in [0.05, 0.1) is 12.8 Å². The molecule has 1 rings (SSSR count). The minimum Gasteiger partial charge on any atom is -0.495 e. The van der Waals surface area contributed by atoms with Crippen LogP contribution in [0.1, 0.15) is 12.5 Å². The van der Waals surface area contributed by atoms with Crippen molar-refractivity contribution in [1.82, 2.24) is 10.6 Å². The van der Waals surface area contributed by atoms with Gasteiger partial charge in [0, 0.05) is 20.0 Å². The molecule has 0 aliphatic rings. The van der Waals surface area contributed by atoms with Gasteiger partial charge in [-0.1, -0.05) is 6.07 Å². The molecule has 3 amide bonds. The highest BCUT2D eigenvalue weighted by Crippen LogP contribution is 2.24. The molecule has 1 aromatic rings. The average molecular weight is 293 g/mol. The van der Waals surface area contributed by atoms with Crippen LogP contribution >= 0.6 is 0 Å². The third-order valence-corrected chi connectivity index (χ3v) is 2.59. The molecule has 114 valence electrons. The molecule has 0 aromatic heterocycles. The fourth-order valence-corrected chi connectivity index (χ4v) is 1.59. The van der Waals surface area contributed by atoms with E-state index in [-0.39, 0.29) is 19.0 Å². The first kappa shape index (κ1) is 16.5. The van der Waals surface area contributed by atoms with Crippen molar-refractivity contribution in [2.24, 2.45) is 0 Å². The van der Waals surface area contributed by atoms with Crippen molar-refractivity contribution in [3.63, 3.8) is 0 Å². The van der Waals surface area contributed by atoms with Crippen molar-refractivity contribution >= 4 is 23.4 Å². The zero-order valence-electron chi connectivity index (χ0n) is 12.3. The van der Waals surface area contributed by atoms with E-state index in [2.05, 4.69) is 16.0 Å². The number of hydrogen-bond acceptors (Lipinski definition) is 4. The molecule has 0 unspecified atom stereocenters. The summed E-state index contributed by atoms with van der Waals surface area (Å²) < 4.78 is 5.11. The lowest BCUT2D eigenvalue weighted by molar-refractivity contribution is -0.136. The van der Waals surface area contributed by atoms with Gasteiger partial charge in [-0.15, -0.1) is 0 Å². The molecule has 0 bridgehead atoms. The number of methoxy groups -OCH3 is 1. The van der Waals surface area contributed by atoms with E-state index in [1.807, 2.05) is 13.0 Å². The molecule has 1 aromatic carbocycles. The van der Waals surface area contributed by atoms with E-state index in [1.165, 1.54) is 14.0 Å². The molecule has 0 spiro atoms. The second kappa shape index (κ2) is 7.88. The Kier molecular flexibility index (Phi) is 6.19. The zero-order chi connectivity index (χ0) is 15.8. The molecule has 0 heterocycles. The normalized spacial score (nSPS) is 9.67. The number of aryl methyl sites for hydroxylation is 1. The second-order valence-corrected chi connectivity index (χ2v) is 4.40.